The Hall–Kier alpha value is -2.00. The van der Waals surface area contributed by atoms with Crippen LogP contribution < -0.4 is 5.32 Å². The van der Waals surface area contributed by atoms with Gasteiger partial charge in [-0.25, -0.2) is 4.99 Å². The zero-order valence-electron chi connectivity index (χ0n) is 14.3. The van der Waals surface area contributed by atoms with Gasteiger partial charge in [0.1, 0.15) is 5.60 Å². The van der Waals surface area contributed by atoms with E-state index < -0.39 is 0 Å². The molecule has 1 unspecified atom stereocenters. The van der Waals surface area contributed by atoms with Crippen LogP contribution in [0.2, 0.25) is 5.02 Å². The van der Waals surface area contributed by atoms with Crippen LogP contribution in [0.3, 0.4) is 0 Å². The molecule has 1 N–H and O–H groups in total. The molecule has 2 aromatic rings. The van der Waals surface area contributed by atoms with Gasteiger partial charge in [0.25, 0.3) is 6.02 Å². The molecule has 0 aliphatic carbocycles. The first kappa shape index (κ1) is 16.8. The zero-order chi connectivity index (χ0) is 17.2. The molecule has 0 fully saturated rings. The second kappa shape index (κ2) is 6.48. The Bertz CT molecular complexity index is 725. The second-order valence-corrected chi connectivity index (χ2v) is 7.53. The van der Waals surface area contributed by atoms with Crippen molar-refractivity contribution < 1.29 is 4.74 Å². The molecule has 0 amide bonds. The summed E-state index contributed by atoms with van der Waals surface area (Å²) in [6.45, 7) is 7.22. The van der Waals surface area contributed by atoms with Gasteiger partial charge in [0.15, 0.2) is 0 Å². The lowest BCUT2D eigenvalue weighted by atomic mass is 9.70. The van der Waals surface area contributed by atoms with Crippen LogP contribution in [-0.4, -0.2) is 18.2 Å². The van der Waals surface area contributed by atoms with E-state index in [-0.39, 0.29) is 11.0 Å². The van der Waals surface area contributed by atoms with Gasteiger partial charge in [0.05, 0.1) is 6.54 Å². The molecule has 1 heterocycles. The summed E-state index contributed by atoms with van der Waals surface area (Å²) in [6.07, 6.45) is 0.929. The first-order chi connectivity index (χ1) is 11.4. The van der Waals surface area contributed by atoms with Crippen molar-refractivity contribution in [1.29, 1.82) is 0 Å². The Balaban J connectivity index is 1.76. The maximum atomic E-state index is 6.20. The van der Waals surface area contributed by atoms with Crippen LogP contribution in [-0.2, 0) is 11.2 Å². The van der Waals surface area contributed by atoms with Gasteiger partial charge in [0.2, 0.25) is 0 Å². The summed E-state index contributed by atoms with van der Waals surface area (Å²) in [5, 5.41) is 3.95. The maximum Gasteiger partial charge on any atom is 0.289 e. The lowest BCUT2D eigenvalue weighted by Crippen LogP contribution is -2.52. The molecule has 24 heavy (non-hydrogen) atoms. The molecule has 0 bridgehead atoms. The number of nitrogens with zero attached hydrogens (tertiary/aromatic N) is 1. The minimum atomic E-state index is -0.334. The standard InChI is InChI=1S/C20H23ClN2O/c1-19(2)20(3,13-15-7-5-4-6-8-15)14-22-18(24-19)23-17-11-9-16(21)10-12-17/h4-12H,13-14H2,1-3H3,(H,22,23). The highest BCUT2D eigenvalue weighted by molar-refractivity contribution is 6.30. The number of rotatable bonds is 3. The summed E-state index contributed by atoms with van der Waals surface area (Å²) in [6, 6.07) is 18.6. The third-order valence-electron chi connectivity index (χ3n) is 4.91. The predicted octanol–water partition coefficient (Wildman–Crippen LogP) is 5.17. The Morgan fingerprint density at radius 2 is 1.71 bits per heavy atom. The van der Waals surface area contributed by atoms with Crippen LogP contribution in [0.5, 0.6) is 0 Å². The van der Waals surface area contributed by atoms with Crippen molar-refractivity contribution in [2.24, 2.45) is 10.4 Å². The van der Waals surface area contributed by atoms with E-state index >= 15 is 0 Å². The molecule has 0 saturated carbocycles. The minimum absolute atomic E-state index is 0.0699. The molecule has 0 spiro atoms. The number of hydrogen-bond acceptors (Lipinski definition) is 3. The van der Waals surface area contributed by atoms with Crippen molar-refractivity contribution in [1.82, 2.24) is 0 Å². The Labute approximate surface area is 148 Å². The van der Waals surface area contributed by atoms with Gasteiger partial charge in [-0.05, 0) is 50.1 Å². The summed E-state index contributed by atoms with van der Waals surface area (Å²) in [7, 11) is 0. The molecular weight excluding hydrogens is 320 g/mol. The van der Waals surface area contributed by atoms with Crippen LogP contribution >= 0.6 is 11.6 Å². The molecule has 4 heteroatoms. The van der Waals surface area contributed by atoms with Crippen molar-refractivity contribution in [2.45, 2.75) is 32.8 Å². The quantitative estimate of drug-likeness (QED) is 0.835. The van der Waals surface area contributed by atoms with Crippen LogP contribution in [0.1, 0.15) is 26.3 Å². The highest BCUT2D eigenvalue weighted by Crippen LogP contribution is 2.40. The fourth-order valence-corrected chi connectivity index (χ4v) is 3.00. The summed E-state index contributed by atoms with van der Waals surface area (Å²) in [4.78, 5) is 4.64. The number of amidine groups is 1. The lowest BCUT2D eigenvalue weighted by Gasteiger charge is -2.46. The van der Waals surface area contributed by atoms with E-state index in [0.717, 1.165) is 12.1 Å². The lowest BCUT2D eigenvalue weighted by molar-refractivity contribution is -0.0405. The summed E-state index contributed by atoms with van der Waals surface area (Å²) in [5.74, 6) is 0. The van der Waals surface area contributed by atoms with E-state index in [9.17, 15) is 0 Å². The van der Waals surface area contributed by atoms with Gasteiger partial charge in [-0.2, -0.15) is 0 Å². The first-order valence-electron chi connectivity index (χ1n) is 8.18. The Kier molecular flexibility index (Phi) is 4.55. The first-order valence-corrected chi connectivity index (χ1v) is 8.56. The van der Waals surface area contributed by atoms with Gasteiger partial charge in [-0.1, -0.05) is 48.9 Å². The fourth-order valence-electron chi connectivity index (χ4n) is 2.87. The SMILES string of the molecule is CC1(Cc2ccccc2)CN=C(Nc2ccc(Cl)cc2)OC1(C)C. The van der Waals surface area contributed by atoms with Crippen LogP contribution in [0, 0.1) is 5.41 Å². The third kappa shape index (κ3) is 3.57. The molecule has 0 aromatic heterocycles. The number of nitrogens with one attached hydrogen (secondary N) is 1. The van der Waals surface area contributed by atoms with E-state index in [1.807, 2.05) is 30.3 Å². The predicted molar refractivity (Wildman–Crippen MR) is 101 cm³/mol. The number of anilines is 1. The summed E-state index contributed by atoms with van der Waals surface area (Å²) in [5.41, 5.74) is 1.82. The summed E-state index contributed by atoms with van der Waals surface area (Å²) >= 11 is 5.92. The summed E-state index contributed by atoms with van der Waals surface area (Å²) < 4.78 is 6.20. The van der Waals surface area contributed by atoms with Gasteiger partial charge >= 0.3 is 0 Å². The highest BCUT2D eigenvalue weighted by Gasteiger charge is 2.46. The molecule has 1 atom stereocenters. The number of aliphatic imine (C=N–C) groups is 1. The largest absolute Gasteiger partial charge is 0.458 e. The average Bonchev–Trinajstić information content (AvgIpc) is 2.54. The molecular formula is C20H23ClN2O. The van der Waals surface area contributed by atoms with Crippen molar-refractivity contribution in [3.8, 4) is 0 Å². The molecule has 3 rings (SSSR count). The number of ether oxygens (including phenoxy) is 1. The van der Waals surface area contributed by atoms with E-state index in [1.54, 1.807) is 0 Å². The molecule has 1 aliphatic heterocycles. The van der Waals surface area contributed by atoms with E-state index in [0.29, 0.717) is 17.6 Å². The average molecular weight is 343 g/mol. The monoisotopic (exact) mass is 342 g/mol. The highest BCUT2D eigenvalue weighted by atomic mass is 35.5. The van der Waals surface area contributed by atoms with Crippen LogP contribution in [0.15, 0.2) is 59.6 Å². The van der Waals surface area contributed by atoms with Gasteiger partial charge in [-0.15, -0.1) is 0 Å². The molecule has 0 saturated heterocycles. The number of hydrogen-bond donors (Lipinski definition) is 1. The van der Waals surface area contributed by atoms with Gasteiger partial charge in [0, 0.05) is 16.1 Å². The topological polar surface area (TPSA) is 33.6 Å². The van der Waals surface area contributed by atoms with E-state index in [2.05, 4.69) is 55.3 Å². The number of halogens is 1. The molecule has 2 aromatic carbocycles. The van der Waals surface area contributed by atoms with E-state index in [1.165, 1.54) is 5.56 Å². The van der Waals surface area contributed by atoms with Crippen molar-refractivity contribution in [3.63, 3.8) is 0 Å². The minimum Gasteiger partial charge on any atom is -0.458 e. The van der Waals surface area contributed by atoms with Gasteiger partial charge in [-0.3, -0.25) is 0 Å². The second-order valence-electron chi connectivity index (χ2n) is 7.09. The smallest absolute Gasteiger partial charge is 0.289 e. The van der Waals surface area contributed by atoms with Crippen molar-refractivity contribution in [3.05, 3.63) is 65.2 Å². The van der Waals surface area contributed by atoms with Gasteiger partial charge < -0.3 is 10.1 Å². The molecule has 3 nitrogen and oxygen atoms in total. The third-order valence-corrected chi connectivity index (χ3v) is 5.16. The molecule has 0 radical (unpaired) electrons. The Morgan fingerprint density at radius 1 is 1.04 bits per heavy atom. The van der Waals surface area contributed by atoms with Crippen LogP contribution in [0.4, 0.5) is 5.69 Å². The van der Waals surface area contributed by atoms with Crippen LogP contribution in [0.25, 0.3) is 0 Å². The molecule has 1 aliphatic rings. The van der Waals surface area contributed by atoms with E-state index in [4.69, 9.17) is 16.3 Å². The number of benzene rings is 2. The zero-order valence-corrected chi connectivity index (χ0v) is 15.1. The normalized spacial score (nSPS) is 22.4. The molecule has 126 valence electrons. The maximum absolute atomic E-state index is 6.20. The Morgan fingerprint density at radius 3 is 2.33 bits per heavy atom. The van der Waals surface area contributed by atoms with Crippen molar-refractivity contribution in [2.75, 3.05) is 11.9 Å². The van der Waals surface area contributed by atoms with Crippen molar-refractivity contribution >= 4 is 23.3 Å². The fraction of sp³-hybridized carbons (Fsp3) is 0.350.